The molecule has 0 aliphatic heterocycles. The van der Waals surface area contributed by atoms with Crippen LogP contribution in [0, 0.1) is 0 Å². The standard InChI is InChI=1S/C11H10Cl2INO3/c1-18-11(17)8(14)5-15-10(16)6-3-2-4-7(12)9(6)13/h2-4,8H,5H2,1H3,(H,15,16). The molecule has 0 aromatic heterocycles. The number of alkyl halides is 1. The maximum atomic E-state index is 11.8. The molecule has 0 saturated carbocycles. The van der Waals surface area contributed by atoms with E-state index in [9.17, 15) is 9.59 Å². The van der Waals surface area contributed by atoms with Gasteiger partial charge in [-0.1, -0.05) is 51.9 Å². The molecule has 0 radical (unpaired) electrons. The van der Waals surface area contributed by atoms with E-state index in [-0.39, 0.29) is 23.0 Å². The van der Waals surface area contributed by atoms with Gasteiger partial charge in [0.05, 0.1) is 22.7 Å². The summed E-state index contributed by atoms with van der Waals surface area (Å²) in [6.45, 7) is 0.162. The Kier molecular flexibility index (Phi) is 6.17. The van der Waals surface area contributed by atoms with Gasteiger partial charge in [0.15, 0.2) is 0 Å². The van der Waals surface area contributed by atoms with Gasteiger partial charge in [-0.25, -0.2) is 0 Å². The van der Waals surface area contributed by atoms with Gasteiger partial charge in [0.2, 0.25) is 0 Å². The van der Waals surface area contributed by atoms with Crippen molar-refractivity contribution >= 4 is 57.7 Å². The lowest BCUT2D eigenvalue weighted by Gasteiger charge is -2.10. The Labute approximate surface area is 128 Å². The number of carbonyl (C=O) groups is 2. The number of rotatable bonds is 4. The lowest BCUT2D eigenvalue weighted by atomic mass is 10.2. The van der Waals surface area contributed by atoms with E-state index in [4.69, 9.17) is 23.2 Å². The smallest absolute Gasteiger partial charge is 0.320 e. The van der Waals surface area contributed by atoms with Gasteiger partial charge in [-0.15, -0.1) is 0 Å². The zero-order chi connectivity index (χ0) is 13.7. The number of ether oxygens (including phenoxy) is 1. The predicted octanol–water partition coefficient (Wildman–Crippen LogP) is 2.70. The van der Waals surface area contributed by atoms with E-state index in [1.165, 1.54) is 7.11 Å². The Morgan fingerprint density at radius 3 is 2.72 bits per heavy atom. The Morgan fingerprint density at radius 2 is 2.11 bits per heavy atom. The quantitative estimate of drug-likeness (QED) is 0.479. The molecule has 0 fully saturated rings. The molecule has 1 aromatic rings. The van der Waals surface area contributed by atoms with Crippen molar-refractivity contribution in [1.82, 2.24) is 5.32 Å². The molecule has 18 heavy (non-hydrogen) atoms. The second-order valence-electron chi connectivity index (χ2n) is 3.30. The zero-order valence-electron chi connectivity index (χ0n) is 9.38. The van der Waals surface area contributed by atoms with Crippen molar-refractivity contribution in [2.45, 2.75) is 3.92 Å². The normalized spacial score (nSPS) is 11.8. The molecule has 1 aromatic carbocycles. The first kappa shape index (κ1) is 15.5. The van der Waals surface area contributed by atoms with Gasteiger partial charge in [0.1, 0.15) is 3.92 Å². The van der Waals surface area contributed by atoms with Crippen LogP contribution in [0.4, 0.5) is 0 Å². The van der Waals surface area contributed by atoms with Gasteiger partial charge < -0.3 is 10.1 Å². The van der Waals surface area contributed by atoms with E-state index in [1.807, 2.05) is 22.6 Å². The van der Waals surface area contributed by atoms with Crippen LogP contribution in [-0.2, 0) is 9.53 Å². The van der Waals surface area contributed by atoms with E-state index in [1.54, 1.807) is 18.2 Å². The largest absolute Gasteiger partial charge is 0.468 e. The van der Waals surface area contributed by atoms with Gasteiger partial charge >= 0.3 is 5.97 Å². The Bertz CT molecular complexity index is 468. The first-order valence-electron chi connectivity index (χ1n) is 4.91. The van der Waals surface area contributed by atoms with Gasteiger partial charge in [-0.2, -0.15) is 0 Å². The summed E-state index contributed by atoms with van der Waals surface area (Å²) < 4.78 is 4.10. The number of esters is 1. The van der Waals surface area contributed by atoms with E-state index < -0.39 is 9.89 Å². The Morgan fingerprint density at radius 1 is 1.44 bits per heavy atom. The molecule has 0 spiro atoms. The summed E-state index contributed by atoms with van der Waals surface area (Å²) in [5.41, 5.74) is 0.276. The van der Waals surface area contributed by atoms with Crippen molar-refractivity contribution in [2.75, 3.05) is 13.7 Å². The maximum absolute atomic E-state index is 11.8. The minimum absolute atomic E-state index is 0.162. The Hall–Kier alpha value is -0.530. The molecular weight excluding hydrogens is 392 g/mol. The van der Waals surface area contributed by atoms with Crippen molar-refractivity contribution in [3.05, 3.63) is 33.8 Å². The van der Waals surface area contributed by atoms with Crippen LogP contribution in [0.3, 0.4) is 0 Å². The number of carbonyl (C=O) groups excluding carboxylic acids is 2. The number of hydrogen-bond donors (Lipinski definition) is 1. The fourth-order valence-electron chi connectivity index (χ4n) is 1.17. The molecule has 0 aliphatic rings. The fraction of sp³-hybridized carbons (Fsp3) is 0.273. The van der Waals surface area contributed by atoms with Crippen LogP contribution in [0.5, 0.6) is 0 Å². The third kappa shape index (κ3) is 4.00. The third-order valence-electron chi connectivity index (χ3n) is 2.09. The van der Waals surface area contributed by atoms with Crippen molar-refractivity contribution in [3.8, 4) is 0 Å². The van der Waals surface area contributed by atoms with Crippen LogP contribution in [-0.4, -0.2) is 29.5 Å². The van der Waals surface area contributed by atoms with Crippen LogP contribution < -0.4 is 5.32 Å². The third-order valence-corrected chi connectivity index (χ3v) is 3.86. The molecule has 0 saturated heterocycles. The molecule has 0 aliphatic carbocycles. The molecule has 98 valence electrons. The molecule has 1 atom stereocenters. The highest BCUT2D eigenvalue weighted by Gasteiger charge is 2.18. The van der Waals surface area contributed by atoms with Gasteiger partial charge in [-0.05, 0) is 12.1 Å². The first-order chi connectivity index (χ1) is 8.47. The summed E-state index contributed by atoms with van der Waals surface area (Å²) in [5.74, 6) is -0.777. The number of nitrogens with one attached hydrogen (secondary N) is 1. The lowest BCUT2D eigenvalue weighted by molar-refractivity contribution is -0.139. The minimum atomic E-state index is -0.450. The van der Waals surface area contributed by atoms with E-state index >= 15 is 0 Å². The number of hydrogen-bond acceptors (Lipinski definition) is 3. The minimum Gasteiger partial charge on any atom is -0.468 e. The lowest BCUT2D eigenvalue weighted by Crippen LogP contribution is -2.34. The second kappa shape index (κ2) is 7.16. The van der Waals surface area contributed by atoms with E-state index in [0.717, 1.165) is 0 Å². The van der Waals surface area contributed by atoms with E-state index in [2.05, 4.69) is 10.1 Å². The van der Waals surface area contributed by atoms with Crippen LogP contribution in [0.25, 0.3) is 0 Å². The van der Waals surface area contributed by atoms with Crippen LogP contribution in [0.2, 0.25) is 10.0 Å². The number of methoxy groups -OCH3 is 1. The van der Waals surface area contributed by atoms with Crippen molar-refractivity contribution < 1.29 is 14.3 Å². The summed E-state index contributed by atoms with van der Waals surface area (Å²) in [5, 5.41) is 3.09. The summed E-state index contributed by atoms with van der Waals surface area (Å²) in [4.78, 5) is 23.0. The van der Waals surface area contributed by atoms with Crippen molar-refractivity contribution in [1.29, 1.82) is 0 Å². The number of amides is 1. The van der Waals surface area contributed by atoms with E-state index in [0.29, 0.717) is 5.02 Å². The van der Waals surface area contributed by atoms with Crippen LogP contribution >= 0.6 is 45.8 Å². The highest BCUT2D eigenvalue weighted by atomic mass is 127. The zero-order valence-corrected chi connectivity index (χ0v) is 13.0. The second-order valence-corrected chi connectivity index (χ2v) is 5.59. The topological polar surface area (TPSA) is 55.4 Å². The average Bonchev–Trinajstić information content (AvgIpc) is 2.37. The molecule has 1 amide bonds. The van der Waals surface area contributed by atoms with Crippen LogP contribution in [0.15, 0.2) is 18.2 Å². The first-order valence-corrected chi connectivity index (χ1v) is 6.91. The molecule has 0 bridgehead atoms. The maximum Gasteiger partial charge on any atom is 0.320 e. The monoisotopic (exact) mass is 401 g/mol. The molecule has 4 nitrogen and oxygen atoms in total. The fourth-order valence-corrected chi connectivity index (χ4v) is 2.03. The summed E-state index contributed by atoms with van der Waals surface area (Å²) in [6.07, 6.45) is 0. The highest BCUT2D eigenvalue weighted by Crippen LogP contribution is 2.25. The van der Waals surface area contributed by atoms with Crippen molar-refractivity contribution in [3.63, 3.8) is 0 Å². The molecule has 1 unspecified atom stereocenters. The average molecular weight is 402 g/mol. The molecular formula is C11H10Cl2INO3. The molecule has 0 heterocycles. The van der Waals surface area contributed by atoms with Crippen molar-refractivity contribution in [2.24, 2.45) is 0 Å². The molecule has 1 N–H and O–H groups in total. The molecule has 1 rings (SSSR count). The summed E-state index contributed by atoms with van der Waals surface area (Å²) in [7, 11) is 1.30. The van der Waals surface area contributed by atoms with Gasteiger partial charge in [0.25, 0.3) is 5.91 Å². The highest BCUT2D eigenvalue weighted by molar-refractivity contribution is 14.1. The number of halogens is 3. The van der Waals surface area contributed by atoms with Gasteiger partial charge in [0, 0.05) is 6.54 Å². The summed E-state index contributed by atoms with van der Waals surface area (Å²) >= 11 is 13.6. The summed E-state index contributed by atoms with van der Waals surface area (Å²) in [6, 6.07) is 4.78. The number of benzene rings is 1. The van der Waals surface area contributed by atoms with Crippen LogP contribution in [0.1, 0.15) is 10.4 Å². The SMILES string of the molecule is COC(=O)C(I)CNC(=O)c1cccc(Cl)c1Cl. The molecule has 7 heteroatoms. The predicted molar refractivity (Wildman–Crippen MR) is 78.6 cm³/mol. The van der Waals surface area contributed by atoms with Gasteiger partial charge in [-0.3, -0.25) is 9.59 Å². The Balaban J connectivity index is 2.66.